The minimum Gasteiger partial charge on any atom is -0.497 e. The predicted molar refractivity (Wildman–Crippen MR) is 64.2 cm³/mol. The van der Waals surface area contributed by atoms with Crippen molar-refractivity contribution in [3.05, 3.63) is 24.3 Å². The third kappa shape index (κ3) is 3.37. The van der Waals surface area contributed by atoms with E-state index in [-0.39, 0.29) is 5.91 Å². The van der Waals surface area contributed by atoms with E-state index in [4.69, 9.17) is 9.47 Å². The second-order valence-corrected chi connectivity index (χ2v) is 4.22. The number of rotatable bonds is 5. The minimum atomic E-state index is -0.484. The topological polar surface area (TPSA) is 47.6 Å². The highest BCUT2D eigenvalue weighted by molar-refractivity contribution is 5.81. The molecule has 0 heterocycles. The number of carbonyl (C=O) groups is 1. The Morgan fingerprint density at radius 3 is 2.76 bits per heavy atom. The number of carbonyl (C=O) groups excluding carboxylic acids is 1. The molecule has 1 aromatic carbocycles. The Bertz CT molecular complexity index is 401. The molecule has 17 heavy (non-hydrogen) atoms. The fourth-order valence-electron chi connectivity index (χ4n) is 1.48. The van der Waals surface area contributed by atoms with Crippen LogP contribution in [0.4, 0.5) is 0 Å². The normalized spacial score (nSPS) is 16.1. The zero-order valence-corrected chi connectivity index (χ0v) is 10.1. The van der Waals surface area contributed by atoms with E-state index in [0.29, 0.717) is 11.8 Å². The van der Waals surface area contributed by atoms with E-state index in [0.717, 1.165) is 18.6 Å². The van der Waals surface area contributed by atoms with E-state index in [1.807, 2.05) is 18.2 Å². The van der Waals surface area contributed by atoms with Gasteiger partial charge in [0.05, 0.1) is 7.11 Å². The van der Waals surface area contributed by atoms with Gasteiger partial charge >= 0.3 is 0 Å². The Balaban J connectivity index is 1.91. The molecule has 1 amide bonds. The first kappa shape index (κ1) is 11.8. The maximum absolute atomic E-state index is 11.7. The zero-order valence-electron chi connectivity index (χ0n) is 10.1. The van der Waals surface area contributed by atoms with Crippen molar-refractivity contribution in [2.45, 2.75) is 31.9 Å². The van der Waals surface area contributed by atoms with Gasteiger partial charge in [0.15, 0.2) is 6.10 Å². The highest BCUT2D eigenvalue weighted by atomic mass is 16.5. The fraction of sp³-hybridized carbons (Fsp3) is 0.462. The van der Waals surface area contributed by atoms with Gasteiger partial charge in [-0.2, -0.15) is 0 Å². The molecule has 0 aromatic heterocycles. The van der Waals surface area contributed by atoms with Gasteiger partial charge in [0.2, 0.25) is 0 Å². The highest BCUT2D eigenvalue weighted by Crippen LogP contribution is 2.21. The van der Waals surface area contributed by atoms with Gasteiger partial charge in [-0.1, -0.05) is 6.07 Å². The van der Waals surface area contributed by atoms with Crippen molar-refractivity contribution < 1.29 is 14.3 Å². The maximum atomic E-state index is 11.7. The lowest BCUT2D eigenvalue weighted by molar-refractivity contribution is -0.127. The third-order valence-electron chi connectivity index (χ3n) is 2.65. The average molecular weight is 235 g/mol. The molecule has 1 saturated carbocycles. The number of amides is 1. The second kappa shape index (κ2) is 5.08. The molecule has 1 atom stereocenters. The van der Waals surface area contributed by atoms with Crippen molar-refractivity contribution in [3.63, 3.8) is 0 Å². The number of benzene rings is 1. The quantitative estimate of drug-likeness (QED) is 0.845. The Morgan fingerprint density at radius 2 is 2.12 bits per heavy atom. The summed E-state index contributed by atoms with van der Waals surface area (Å²) < 4.78 is 10.6. The Morgan fingerprint density at radius 1 is 1.41 bits per heavy atom. The van der Waals surface area contributed by atoms with Gasteiger partial charge in [-0.3, -0.25) is 4.79 Å². The first-order chi connectivity index (χ1) is 8.19. The van der Waals surface area contributed by atoms with E-state index in [2.05, 4.69) is 5.32 Å². The average Bonchev–Trinajstić information content (AvgIpc) is 3.13. The predicted octanol–water partition coefficient (Wildman–Crippen LogP) is 1.74. The van der Waals surface area contributed by atoms with Gasteiger partial charge in [-0.05, 0) is 31.9 Å². The lowest BCUT2D eigenvalue weighted by Crippen LogP contribution is -2.37. The zero-order chi connectivity index (χ0) is 12.3. The van der Waals surface area contributed by atoms with E-state index in [9.17, 15) is 4.79 Å². The second-order valence-electron chi connectivity index (χ2n) is 4.22. The van der Waals surface area contributed by atoms with Crippen LogP contribution in [0.25, 0.3) is 0 Å². The van der Waals surface area contributed by atoms with Gasteiger partial charge in [-0.15, -0.1) is 0 Å². The monoisotopic (exact) mass is 235 g/mol. The smallest absolute Gasteiger partial charge is 0.260 e. The summed E-state index contributed by atoms with van der Waals surface area (Å²) in [6, 6.07) is 7.60. The molecule has 1 N–H and O–H groups in total. The molecule has 4 nitrogen and oxygen atoms in total. The Hall–Kier alpha value is -1.71. The van der Waals surface area contributed by atoms with Crippen molar-refractivity contribution in [1.29, 1.82) is 0 Å². The van der Waals surface area contributed by atoms with Crippen LogP contribution in [-0.4, -0.2) is 25.2 Å². The van der Waals surface area contributed by atoms with Crippen LogP contribution in [0.1, 0.15) is 19.8 Å². The van der Waals surface area contributed by atoms with E-state index < -0.39 is 6.10 Å². The van der Waals surface area contributed by atoms with Crippen LogP contribution in [-0.2, 0) is 4.79 Å². The number of hydrogen-bond acceptors (Lipinski definition) is 3. The van der Waals surface area contributed by atoms with Crippen LogP contribution < -0.4 is 14.8 Å². The molecule has 92 valence electrons. The van der Waals surface area contributed by atoms with E-state index in [1.54, 1.807) is 20.1 Å². The van der Waals surface area contributed by atoms with E-state index in [1.165, 1.54) is 0 Å². The minimum absolute atomic E-state index is 0.0599. The lowest BCUT2D eigenvalue weighted by Gasteiger charge is -2.14. The molecule has 4 heteroatoms. The standard InChI is InChI=1S/C13H17NO3/c1-9(13(15)14-10-6-7-10)17-12-5-3-4-11(8-12)16-2/h3-5,8-10H,6-7H2,1-2H3,(H,14,15)/t9-/m0/s1. The highest BCUT2D eigenvalue weighted by Gasteiger charge is 2.26. The van der Waals surface area contributed by atoms with Crippen LogP contribution in [0, 0.1) is 0 Å². The van der Waals surface area contributed by atoms with Crippen molar-refractivity contribution in [3.8, 4) is 11.5 Å². The molecule has 0 unspecified atom stereocenters. The first-order valence-electron chi connectivity index (χ1n) is 5.80. The van der Waals surface area contributed by atoms with Crippen molar-refractivity contribution in [1.82, 2.24) is 5.32 Å². The number of methoxy groups -OCH3 is 1. The summed E-state index contributed by atoms with van der Waals surface area (Å²) in [6.45, 7) is 1.75. The molecule has 1 aliphatic rings. The summed E-state index contributed by atoms with van der Waals surface area (Å²) >= 11 is 0. The van der Waals surface area contributed by atoms with Crippen molar-refractivity contribution in [2.24, 2.45) is 0 Å². The van der Waals surface area contributed by atoms with Gasteiger partial charge < -0.3 is 14.8 Å². The third-order valence-corrected chi connectivity index (χ3v) is 2.65. The number of hydrogen-bond donors (Lipinski definition) is 1. The molecule has 2 rings (SSSR count). The van der Waals surface area contributed by atoms with E-state index >= 15 is 0 Å². The summed E-state index contributed by atoms with van der Waals surface area (Å²) in [6.07, 6.45) is 1.68. The molecule has 1 fully saturated rings. The maximum Gasteiger partial charge on any atom is 0.260 e. The first-order valence-corrected chi connectivity index (χ1v) is 5.80. The summed E-state index contributed by atoms with van der Waals surface area (Å²) in [5.41, 5.74) is 0. The Kier molecular flexibility index (Phi) is 3.52. The van der Waals surface area contributed by atoms with Gasteiger partial charge in [0, 0.05) is 12.1 Å². The molecular formula is C13H17NO3. The van der Waals surface area contributed by atoms with Crippen LogP contribution in [0.2, 0.25) is 0 Å². The molecule has 0 spiro atoms. The molecular weight excluding hydrogens is 218 g/mol. The number of ether oxygens (including phenoxy) is 2. The summed E-state index contributed by atoms with van der Waals surface area (Å²) in [5, 5.41) is 2.91. The van der Waals surface area contributed by atoms with Crippen LogP contribution in [0.3, 0.4) is 0 Å². The SMILES string of the molecule is COc1cccc(O[C@@H](C)C(=O)NC2CC2)c1. The summed E-state index contributed by atoms with van der Waals surface area (Å²) in [7, 11) is 1.60. The number of nitrogens with one attached hydrogen (secondary N) is 1. The Labute approximate surface area is 101 Å². The van der Waals surface area contributed by atoms with Gasteiger partial charge in [-0.25, -0.2) is 0 Å². The van der Waals surface area contributed by atoms with Crippen molar-refractivity contribution in [2.75, 3.05) is 7.11 Å². The molecule has 0 bridgehead atoms. The van der Waals surface area contributed by atoms with Crippen molar-refractivity contribution >= 4 is 5.91 Å². The summed E-state index contributed by atoms with van der Waals surface area (Å²) in [4.78, 5) is 11.7. The van der Waals surface area contributed by atoms with Crippen LogP contribution in [0.5, 0.6) is 11.5 Å². The largest absolute Gasteiger partial charge is 0.497 e. The van der Waals surface area contributed by atoms with Crippen LogP contribution >= 0.6 is 0 Å². The summed E-state index contributed by atoms with van der Waals surface area (Å²) in [5.74, 6) is 1.30. The van der Waals surface area contributed by atoms with Gasteiger partial charge in [0.1, 0.15) is 11.5 Å². The lowest BCUT2D eigenvalue weighted by atomic mass is 10.3. The molecule has 0 aliphatic heterocycles. The molecule has 1 aromatic rings. The molecule has 0 radical (unpaired) electrons. The fourth-order valence-corrected chi connectivity index (χ4v) is 1.48. The molecule has 0 saturated heterocycles. The van der Waals surface area contributed by atoms with Crippen LogP contribution in [0.15, 0.2) is 24.3 Å². The molecule has 1 aliphatic carbocycles. The van der Waals surface area contributed by atoms with Gasteiger partial charge in [0.25, 0.3) is 5.91 Å².